The van der Waals surface area contributed by atoms with Crippen LogP contribution in [0.15, 0.2) is 10.5 Å². The number of carboxylic acid groups (broad SMARTS) is 1. The lowest BCUT2D eigenvalue weighted by atomic mass is 10.1. The molecular weight excluding hydrogens is 338 g/mol. The van der Waals surface area contributed by atoms with Gasteiger partial charge in [0, 0.05) is 19.1 Å². The van der Waals surface area contributed by atoms with Crippen molar-refractivity contribution in [2.24, 2.45) is 0 Å². The predicted octanol–water partition coefficient (Wildman–Crippen LogP) is 2.36. The quantitative estimate of drug-likeness (QED) is 0.881. The maximum atomic E-state index is 11.2. The van der Waals surface area contributed by atoms with Crippen LogP contribution in [-0.2, 0) is 6.42 Å². The fourth-order valence-electron chi connectivity index (χ4n) is 3.25. The standard InChI is InChI=1S/C14H18BrN3O3/c1-3-21-13-11(15)5-9-4-10-7-17(14(19)20)6-8(2)18(10)12(9)16-13/h5,8,10H,3-4,6-7H2,1-2H3,(H,19,20)/t8-,10-/m1/s1. The lowest BCUT2D eigenvalue weighted by molar-refractivity contribution is 0.128. The first-order valence-electron chi connectivity index (χ1n) is 7.09. The van der Waals surface area contributed by atoms with Gasteiger partial charge in [0.2, 0.25) is 5.88 Å². The molecule has 0 aromatic carbocycles. The Labute approximate surface area is 131 Å². The van der Waals surface area contributed by atoms with E-state index in [9.17, 15) is 9.90 Å². The van der Waals surface area contributed by atoms with E-state index in [0.29, 0.717) is 25.6 Å². The number of pyridine rings is 1. The SMILES string of the molecule is CCOc1nc2c(cc1Br)C[C@@H]1CN(C(=O)O)C[C@@H](C)N21. The molecule has 0 unspecified atom stereocenters. The van der Waals surface area contributed by atoms with Gasteiger partial charge in [-0.05, 0) is 47.8 Å². The van der Waals surface area contributed by atoms with Gasteiger partial charge in [-0.3, -0.25) is 0 Å². The number of ether oxygens (including phenoxy) is 1. The molecule has 0 aliphatic carbocycles. The van der Waals surface area contributed by atoms with E-state index in [0.717, 1.165) is 22.3 Å². The summed E-state index contributed by atoms with van der Waals surface area (Å²) >= 11 is 3.49. The fourth-order valence-corrected chi connectivity index (χ4v) is 3.73. The van der Waals surface area contributed by atoms with Crippen LogP contribution >= 0.6 is 15.9 Å². The second-order valence-corrected chi connectivity index (χ2v) is 6.35. The number of fused-ring (bicyclic) bond motifs is 3. The molecule has 1 saturated heterocycles. The molecule has 2 atom stereocenters. The summed E-state index contributed by atoms with van der Waals surface area (Å²) in [4.78, 5) is 19.6. The van der Waals surface area contributed by atoms with Crippen LogP contribution in [0.3, 0.4) is 0 Å². The number of amides is 1. The van der Waals surface area contributed by atoms with E-state index in [1.165, 1.54) is 4.90 Å². The Morgan fingerprint density at radius 3 is 3.00 bits per heavy atom. The Balaban J connectivity index is 1.93. The van der Waals surface area contributed by atoms with E-state index >= 15 is 0 Å². The molecule has 2 aliphatic heterocycles. The smallest absolute Gasteiger partial charge is 0.407 e. The molecular formula is C14H18BrN3O3. The maximum Gasteiger partial charge on any atom is 0.407 e. The van der Waals surface area contributed by atoms with Crippen molar-refractivity contribution in [2.45, 2.75) is 32.4 Å². The van der Waals surface area contributed by atoms with Crippen molar-refractivity contribution in [1.82, 2.24) is 9.88 Å². The van der Waals surface area contributed by atoms with Crippen molar-refractivity contribution in [3.63, 3.8) is 0 Å². The van der Waals surface area contributed by atoms with Crippen LogP contribution in [0.25, 0.3) is 0 Å². The Hall–Kier alpha value is -1.50. The molecule has 1 N–H and O–H groups in total. The third-order valence-corrected chi connectivity index (χ3v) is 4.60. The number of hydrogen-bond donors (Lipinski definition) is 1. The van der Waals surface area contributed by atoms with Crippen molar-refractivity contribution in [2.75, 3.05) is 24.6 Å². The highest BCUT2D eigenvalue weighted by Gasteiger charge is 2.41. The molecule has 0 bridgehead atoms. The first kappa shape index (κ1) is 14.4. The minimum atomic E-state index is -0.846. The van der Waals surface area contributed by atoms with Crippen LogP contribution in [0.5, 0.6) is 5.88 Å². The number of anilines is 1. The number of hydrogen-bond acceptors (Lipinski definition) is 4. The summed E-state index contributed by atoms with van der Waals surface area (Å²) in [5.74, 6) is 1.54. The van der Waals surface area contributed by atoms with Crippen LogP contribution in [0.4, 0.5) is 10.6 Å². The van der Waals surface area contributed by atoms with Gasteiger partial charge in [-0.25, -0.2) is 4.79 Å². The molecule has 3 rings (SSSR count). The van der Waals surface area contributed by atoms with Gasteiger partial charge in [-0.1, -0.05) is 0 Å². The van der Waals surface area contributed by atoms with E-state index in [1.807, 2.05) is 19.9 Å². The molecule has 1 aromatic rings. The maximum absolute atomic E-state index is 11.2. The number of aromatic nitrogens is 1. The van der Waals surface area contributed by atoms with Gasteiger partial charge in [-0.15, -0.1) is 0 Å². The molecule has 1 amide bonds. The topological polar surface area (TPSA) is 65.9 Å². The zero-order chi connectivity index (χ0) is 15.1. The fraction of sp³-hybridized carbons (Fsp3) is 0.571. The third-order valence-electron chi connectivity index (χ3n) is 4.04. The highest BCUT2D eigenvalue weighted by Crippen LogP contribution is 2.39. The van der Waals surface area contributed by atoms with E-state index in [4.69, 9.17) is 4.74 Å². The van der Waals surface area contributed by atoms with Crippen molar-refractivity contribution in [1.29, 1.82) is 0 Å². The highest BCUT2D eigenvalue weighted by atomic mass is 79.9. The van der Waals surface area contributed by atoms with Gasteiger partial charge in [0.25, 0.3) is 0 Å². The molecule has 0 radical (unpaired) electrons. The summed E-state index contributed by atoms with van der Waals surface area (Å²) in [5.41, 5.74) is 1.15. The first-order chi connectivity index (χ1) is 10.0. The summed E-state index contributed by atoms with van der Waals surface area (Å²) in [7, 11) is 0. The van der Waals surface area contributed by atoms with E-state index in [-0.39, 0.29) is 12.1 Å². The van der Waals surface area contributed by atoms with Crippen LogP contribution in [0.2, 0.25) is 0 Å². The number of carbonyl (C=O) groups is 1. The van der Waals surface area contributed by atoms with Crippen molar-refractivity contribution >= 4 is 27.8 Å². The van der Waals surface area contributed by atoms with Gasteiger partial charge < -0.3 is 19.6 Å². The zero-order valence-corrected chi connectivity index (χ0v) is 13.6. The average Bonchev–Trinajstić information content (AvgIpc) is 2.77. The van der Waals surface area contributed by atoms with Crippen LogP contribution < -0.4 is 9.64 Å². The minimum Gasteiger partial charge on any atom is -0.477 e. The number of halogens is 1. The summed E-state index contributed by atoms with van der Waals surface area (Å²) in [6.45, 7) is 5.57. The second-order valence-electron chi connectivity index (χ2n) is 5.49. The summed E-state index contributed by atoms with van der Waals surface area (Å²) in [6.07, 6.45) is -0.0248. The zero-order valence-electron chi connectivity index (χ0n) is 12.0. The second kappa shape index (κ2) is 5.36. The van der Waals surface area contributed by atoms with Gasteiger partial charge in [0.1, 0.15) is 5.82 Å². The predicted molar refractivity (Wildman–Crippen MR) is 82.1 cm³/mol. The van der Waals surface area contributed by atoms with Gasteiger partial charge in [-0.2, -0.15) is 4.98 Å². The molecule has 3 heterocycles. The van der Waals surface area contributed by atoms with Gasteiger partial charge in [0.05, 0.1) is 17.1 Å². The molecule has 2 aliphatic rings. The lowest BCUT2D eigenvalue weighted by Crippen LogP contribution is -2.57. The van der Waals surface area contributed by atoms with E-state index < -0.39 is 6.09 Å². The molecule has 1 fully saturated rings. The minimum absolute atomic E-state index is 0.115. The molecule has 7 heteroatoms. The number of nitrogens with zero attached hydrogens (tertiary/aromatic N) is 3. The van der Waals surface area contributed by atoms with E-state index in [2.05, 4.69) is 25.8 Å². The number of piperazine rings is 1. The monoisotopic (exact) mass is 355 g/mol. The lowest BCUT2D eigenvalue weighted by Gasteiger charge is -2.42. The average molecular weight is 356 g/mol. The first-order valence-corrected chi connectivity index (χ1v) is 7.89. The summed E-state index contributed by atoms with van der Waals surface area (Å²) < 4.78 is 6.40. The van der Waals surface area contributed by atoms with Crippen LogP contribution in [-0.4, -0.2) is 52.9 Å². The van der Waals surface area contributed by atoms with E-state index in [1.54, 1.807) is 0 Å². The summed E-state index contributed by atoms with van der Waals surface area (Å²) in [6, 6.07) is 2.32. The molecule has 0 saturated carbocycles. The number of rotatable bonds is 2. The highest BCUT2D eigenvalue weighted by molar-refractivity contribution is 9.10. The Morgan fingerprint density at radius 2 is 2.33 bits per heavy atom. The van der Waals surface area contributed by atoms with Crippen LogP contribution in [0.1, 0.15) is 19.4 Å². The van der Waals surface area contributed by atoms with Crippen molar-refractivity contribution in [3.8, 4) is 5.88 Å². The van der Waals surface area contributed by atoms with Crippen LogP contribution in [0, 0.1) is 0 Å². The van der Waals surface area contributed by atoms with Crippen molar-refractivity contribution in [3.05, 3.63) is 16.1 Å². The Kier molecular flexibility index (Phi) is 3.69. The Morgan fingerprint density at radius 1 is 1.57 bits per heavy atom. The largest absolute Gasteiger partial charge is 0.477 e. The summed E-state index contributed by atoms with van der Waals surface area (Å²) in [5, 5.41) is 9.22. The molecule has 0 spiro atoms. The van der Waals surface area contributed by atoms with Gasteiger partial charge >= 0.3 is 6.09 Å². The third kappa shape index (κ3) is 2.43. The Bertz CT molecular complexity index is 581. The molecule has 114 valence electrons. The van der Waals surface area contributed by atoms with Gasteiger partial charge in [0.15, 0.2) is 0 Å². The normalized spacial score (nSPS) is 23.8. The molecule has 21 heavy (non-hydrogen) atoms. The van der Waals surface area contributed by atoms with Crippen molar-refractivity contribution < 1.29 is 14.6 Å². The molecule has 1 aromatic heterocycles. The molecule has 6 nitrogen and oxygen atoms in total.